The maximum Gasteiger partial charge on any atom is 0.220 e. The molecule has 0 aromatic rings. The zero-order valence-electron chi connectivity index (χ0n) is 34.0. The molecule has 0 aliphatic carbocycles. The van der Waals surface area contributed by atoms with Crippen molar-refractivity contribution in [3.8, 4) is 0 Å². The van der Waals surface area contributed by atoms with Crippen LogP contribution in [0.4, 0.5) is 0 Å². The van der Waals surface area contributed by atoms with Crippen LogP contribution in [0.1, 0.15) is 226 Å². The number of carbonyl (C=O) groups is 1. The standard InChI is InChI=1S/C46H87NO4/c1-3-5-7-9-11-13-15-16-17-18-19-20-21-22-23-24-25-26-27-28-29-30-31-33-35-37-39-41-45(50)47-43(42-48)46(51)44(49)40-38-36-34-32-14-12-10-8-6-4-2/h8,10,22-23,32,34,43-44,46,48-49,51H,3-7,9,11-21,24-31,33,35-42H2,1-2H3,(H,47,50)/b10-8+,23-22-,34-32+. The lowest BCUT2D eigenvalue weighted by atomic mass is 10.0. The Labute approximate surface area is 317 Å². The lowest BCUT2D eigenvalue weighted by Gasteiger charge is -2.26. The van der Waals surface area contributed by atoms with E-state index in [9.17, 15) is 20.1 Å². The molecule has 0 fully saturated rings. The predicted octanol–water partition coefficient (Wildman–Crippen LogP) is 12.8. The summed E-state index contributed by atoms with van der Waals surface area (Å²) in [7, 11) is 0. The fourth-order valence-corrected chi connectivity index (χ4v) is 6.71. The van der Waals surface area contributed by atoms with Gasteiger partial charge in [-0.25, -0.2) is 0 Å². The van der Waals surface area contributed by atoms with Crippen molar-refractivity contribution in [1.29, 1.82) is 0 Å². The van der Waals surface area contributed by atoms with E-state index in [1.165, 1.54) is 148 Å². The highest BCUT2D eigenvalue weighted by molar-refractivity contribution is 5.76. The van der Waals surface area contributed by atoms with Crippen LogP contribution in [0, 0.1) is 0 Å². The lowest BCUT2D eigenvalue weighted by molar-refractivity contribution is -0.124. The molecule has 3 unspecified atom stereocenters. The Kier molecular flexibility index (Phi) is 40.2. The SMILES string of the molecule is CCC/C=C/CC/C=C/CCCC(O)C(O)C(CO)NC(=O)CCCCCCCCCCCCC/C=C\CCCCCCCCCCCCCC. The van der Waals surface area contributed by atoms with Crippen LogP contribution in [0.15, 0.2) is 36.5 Å². The molecule has 1 amide bonds. The van der Waals surface area contributed by atoms with Crippen LogP contribution in [0.25, 0.3) is 0 Å². The first-order chi connectivity index (χ1) is 25.1. The first kappa shape index (κ1) is 49.6. The van der Waals surface area contributed by atoms with E-state index in [1.54, 1.807) is 0 Å². The number of allylic oxidation sites excluding steroid dienone is 6. The molecule has 3 atom stereocenters. The molecule has 0 aromatic heterocycles. The number of hydrogen-bond donors (Lipinski definition) is 4. The topological polar surface area (TPSA) is 89.8 Å². The Morgan fingerprint density at radius 3 is 1.27 bits per heavy atom. The summed E-state index contributed by atoms with van der Waals surface area (Å²) in [6, 6.07) is -0.830. The summed E-state index contributed by atoms with van der Waals surface area (Å²) in [4.78, 5) is 12.4. The van der Waals surface area contributed by atoms with Crippen LogP contribution in [0.5, 0.6) is 0 Å². The van der Waals surface area contributed by atoms with Gasteiger partial charge in [0, 0.05) is 6.42 Å². The Morgan fingerprint density at radius 2 is 0.843 bits per heavy atom. The quantitative estimate of drug-likeness (QED) is 0.0375. The van der Waals surface area contributed by atoms with Gasteiger partial charge in [-0.15, -0.1) is 0 Å². The number of hydrogen-bond acceptors (Lipinski definition) is 4. The van der Waals surface area contributed by atoms with Gasteiger partial charge in [-0.2, -0.15) is 0 Å². The minimum absolute atomic E-state index is 0.161. The zero-order chi connectivity index (χ0) is 37.3. The van der Waals surface area contributed by atoms with Gasteiger partial charge in [-0.3, -0.25) is 4.79 Å². The van der Waals surface area contributed by atoms with E-state index < -0.39 is 18.2 Å². The second-order valence-electron chi connectivity index (χ2n) is 15.2. The molecule has 5 nitrogen and oxygen atoms in total. The molecule has 4 N–H and O–H groups in total. The smallest absolute Gasteiger partial charge is 0.220 e. The second kappa shape index (κ2) is 41.3. The van der Waals surface area contributed by atoms with Gasteiger partial charge in [0.2, 0.25) is 5.91 Å². The Balaban J connectivity index is 3.55. The molecular formula is C46H87NO4. The van der Waals surface area contributed by atoms with Gasteiger partial charge in [0.1, 0.15) is 6.10 Å². The van der Waals surface area contributed by atoms with E-state index in [-0.39, 0.29) is 12.5 Å². The molecule has 0 bridgehead atoms. The minimum Gasteiger partial charge on any atom is -0.394 e. The number of aliphatic hydroxyl groups excluding tert-OH is 3. The first-order valence-electron chi connectivity index (χ1n) is 22.3. The van der Waals surface area contributed by atoms with E-state index in [1.807, 2.05) is 0 Å². The van der Waals surface area contributed by atoms with E-state index in [2.05, 4.69) is 55.6 Å². The van der Waals surface area contributed by atoms with Crippen molar-refractivity contribution in [2.75, 3.05) is 6.61 Å². The van der Waals surface area contributed by atoms with Gasteiger partial charge in [-0.05, 0) is 70.6 Å². The maximum absolute atomic E-state index is 12.4. The molecule has 0 saturated carbocycles. The average Bonchev–Trinajstić information content (AvgIpc) is 3.13. The summed E-state index contributed by atoms with van der Waals surface area (Å²) in [6.07, 6.45) is 51.4. The summed E-state index contributed by atoms with van der Waals surface area (Å²) < 4.78 is 0. The highest BCUT2D eigenvalue weighted by Crippen LogP contribution is 2.15. The van der Waals surface area contributed by atoms with Crippen LogP contribution in [-0.2, 0) is 4.79 Å². The fraction of sp³-hybridized carbons (Fsp3) is 0.848. The molecule has 51 heavy (non-hydrogen) atoms. The second-order valence-corrected chi connectivity index (χ2v) is 15.2. The third-order valence-electron chi connectivity index (χ3n) is 10.2. The Bertz CT molecular complexity index is 794. The number of aliphatic hydroxyl groups is 3. The minimum atomic E-state index is -1.16. The van der Waals surface area contributed by atoms with Crippen LogP contribution in [0.2, 0.25) is 0 Å². The van der Waals surface area contributed by atoms with Gasteiger partial charge in [0.25, 0.3) is 0 Å². The number of unbranched alkanes of at least 4 members (excludes halogenated alkanes) is 26. The number of rotatable bonds is 40. The molecule has 0 aromatic carbocycles. The Morgan fingerprint density at radius 1 is 0.471 bits per heavy atom. The lowest BCUT2D eigenvalue weighted by Crippen LogP contribution is -2.50. The highest BCUT2D eigenvalue weighted by atomic mass is 16.3. The van der Waals surface area contributed by atoms with Gasteiger partial charge in [-0.1, -0.05) is 185 Å². The summed E-state index contributed by atoms with van der Waals surface area (Å²) in [6.45, 7) is 4.09. The highest BCUT2D eigenvalue weighted by Gasteiger charge is 2.26. The van der Waals surface area contributed by atoms with E-state index >= 15 is 0 Å². The monoisotopic (exact) mass is 718 g/mol. The maximum atomic E-state index is 12.4. The molecule has 0 rings (SSSR count). The van der Waals surface area contributed by atoms with Crippen LogP contribution in [-0.4, -0.2) is 46.1 Å². The molecule has 0 radical (unpaired) electrons. The number of nitrogens with one attached hydrogen (secondary N) is 1. The largest absolute Gasteiger partial charge is 0.394 e. The molecule has 0 spiro atoms. The summed E-state index contributed by atoms with van der Waals surface area (Å²) >= 11 is 0. The van der Waals surface area contributed by atoms with Crippen molar-refractivity contribution in [3.63, 3.8) is 0 Å². The van der Waals surface area contributed by atoms with Crippen molar-refractivity contribution in [1.82, 2.24) is 5.32 Å². The number of carbonyl (C=O) groups excluding carboxylic acids is 1. The van der Waals surface area contributed by atoms with Gasteiger partial charge in [0.15, 0.2) is 0 Å². The van der Waals surface area contributed by atoms with Crippen LogP contribution >= 0.6 is 0 Å². The number of amides is 1. The van der Waals surface area contributed by atoms with Crippen molar-refractivity contribution in [3.05, 3.63) is 36.5 Å². The molecule has 0 aliphatic heterocycles. The van der Waals surface area contributed by atoms with Crippen molar-refractivity contribution in [2.24, 2.45) is 0 Å². The zero-order valence-corrected chi connectivity index (χ0v) is 34.0. The van der Waals surface area contributed by atoms with Gasteiger partial charge in [0.05, 0.1) is 18.8 Å². The van der Waals surface area contributed by atoms with Crippen LogP contribution in [0.3, 0.4) is 0 Å². The predicted molar refractivity (Wildman–Crippen MR) is 222 cm³/mol. The average molecular weight is 718 g/mol. The van der Waals surface area contributed by atoms with E-state index in [0.717, 1.165) is 51.4 Å². The van der Waals surface area contributed by atoms with Crippen molar-refractivity contribution < 1.29 is 20.1 Å². The van der Waals surface area contributed by atoms with Crippen molar-refractivity contribution >= 4 is 5.91 Å². The van der Waals surface area contributed by atoms with Crippen molar-refractivity contribution in [2.45, 2.75) is 244 Å². The molecule has 0 aliphatic rings. The molecule has 300 valence electrons. The fourth-order valence-electron chi connectivity index (χ4n) is 6.71. The normalized spacial score (nSPS) is 13.9. The Hall–Kier alpha value is -1.43. The molecule has 5 heteroatoms. The summed E-state index contributed by atoms with van der Waals surface area (Å²) in [5.41, 5.74) is 0. The van der Waals surface area contributed by atoms with E-state index in [4.69, 9.17) is 0 Å². The molecular weight excluding hydrogens is 631 g/mol. The summed E-state index contributed by atoms with van der Waals surface area (Å²) in [5, 5.41) is 33.3. The molecule has 0 heterocycles. The van der Waals surface area contributed by atoms with E-state index in [0.29, 0.717) is 12.8 Å². The molecule has 0 saturated heterocycles. The first-order valence-corrected chi connectivity index (χ1v) is 22.3. The van der Waals surface area contributed by atoms with Gasteiger partial charge >= 0.3 is 0 Å². The third kappa shape index (κ3) is 36.7. The van der Waals surface area contributed by atoms with Crippen LogP contribution < -0.4 is 5.32 Å². The van der Waals surface area contributed by atoms with Gasteiger partial charge < -0.3 is 20.6 Å². The third-order valence-corrected chi connectivity index (χ3v) is 10.2. The summed E-state index contributed by atoms with van der Waals surface area (Å²) in [5.74, 6) is -0.161.